The summed E-state index contributed by atoms with van der Waals surface area (Å²) in [6.07, 6.45) is 2.28. The topological polar surface area (TPSA) is 18.5 Å². The summed E-state index contributed by atoms with van der Waals surface area (Å²) in [5, 5.41) is 0. The maximum atomic E-state index is 6.74. The van der Waals surface area contributed by atoms with E-state index >= 15 is 0 Å². The first-order valence-electron chi connectivity index (χ1n) is 10.5. The molecule has 2 aromatic rings. The minimum Gasteiger partial charge on any atom is -0.416 e. The van der Waals surface area contributed by atoms with E-state index in [1.165, 1.54) is 22.3 Å². The molecule has 1 aliphatic rings. The van der Waals surface area contributed by atoms with Gasteiger partial charge in [0.15, 0.2) is 18.1 Å². The number of hydrogen-bond donors (Lipinski definition) is 0. The molecule has 0 bridgehead atoms. The lowest BCUT2D eigenvalue weighted by molar-refractivity contribution is 0.0304. The predicted octanol–water partition coefficient (Wildman–Crippen LogP) is 5.51. The van der Waals surface area contributed by atoms with E-state index in [0.717, 1.165) is 12.8 Å². The molecule has 0 heterocycles. The van der Waals surface area contributed by atoms with Crippen LogP contribution in [0.25, 0.3) is 11.1 Å². The van der Waals surface area contributed by atoms with Crippen molar-refractivity contribution in [2.75, 3.05) is 0 Å². The molecule has 0 N–H and O–H groups in total. The van der Waals surface area contributed by atoms with E-state index in [1.54, 1.807) is 0 Å². The van der Waals surface area contributed by atoms with Crippen molar-refractivity contribution in [1.82, 2.24) is 0 Å². The maximum absolute atomic E-state index is 6.74. The van der Waals surface area contributed by atoms with Crippen LogP contribution in [0.4, 0.5) is 0 Å². The third kappa shape index (κ3) is 3.49. The maximum Gasteiger partial charge on any atom is 0.171 e. The van der Waals surface area contributed by atoms with Crippen LogP contribution >= 0.6 is 0 Å². The fourth-order valence-electron chi connectivity index (χ4n) is 4.91. The van der Waals surface area contributed by atoms with Crippen LogP contribution in [0.5, 0.6) is 0 Å². The average molecular weight is 399 g/mol. The lowest BCUT2D eigenvalue weighted by Gasteiger charge is -2.46. The van der Waals surface area contributed by atoms with E-state index in [0.29, 0.717) is 0 Å². The quantitative estimate of drug-likeness (QED) is 0.546. The summed E-state index contributed by atoms with van der Waals surface area (Å²) >= 11 is 0. The minimum absolute atomic E-state index is 0.145. The van der Waals surface area contributed by atoms with Crippen molar-refractivity contribution in [3.8, 4) is 11.1 Å². The number of benzene rings is 2. The molecule has 146 valence electrons. The Morgan fingerprint density at radius 1 is 0.704 bits per heavy atom. The van der Waals surface area contributed by atoms with E-state index in [2.05, 4.69) is 88.6 Å². The van der Waals surface area contributed by atoms with Crippen molar-refractivity contribution >= 4 is 18.1 Å². The average Bonchev–Trinajstić information content (AvgIpc) is 2.95. The van der Waals surface area contributed by atoms with Gasteiger partial charge in [0.25, 0.3) is 0 Å². The minimum atomic E-state index is -1.21. The summed E-state index contributed by atoms with van der Waals surface area (Å²) in [7, 11) is -2.41. The summed E-state index contributed by atoms with van der Waals surface area (Å²) in [5.41, 5.74) is 5.29. The molecule has 0 spiro atoms. The fourth-order valence-corrected chi connectivity index (χ4v) is 7.04. The van der Waals surface area contributed by atoms with Crippen molar-refractivity contribution < 1.29 is 8.85 Å². The number of rotatable bonds is 8. The van der Waals surface area contributed by atoms with Gasteiger partial charge in [-0.05, 0) is 61.3 Å². The Bertz CT molecular complexity index is 707. The molecule has 0 fully saturated rings. The Hall–Kier alpha value is -1.21. The molecule has 0 amide bonds. The van der Waals surface area contributed by atoms with Crippen LogP contribution in [0.1, 0.15) is 37.8 Å². The highest BCUT2D eigenvalue weighted by Crippen LogP contribution is 2.55. The fraction of sp³-hybridized carbons (Fsp3) is 0.478. The first-order valence-corrected chi connectivity index (χ1v) is 16.0. The Labute approximate surface area is 168 Å². The first kappa shape index (κ1) is 20.5. The molecule has 0 aliphatic heterocycles. The summed E-state index contributed by atoms with van der Waals surface area (Å²) in [5.74, 6) is 0. The second kappa shape index (κ2) is 8.43. The molecule has 0 radical (unpaired) electrons. The van der Waals surface area contributed by atoms with E-state index in [4.69, 9.17) is 8.85 Å². The molecule has 2 atom stereocenters. The van der Waals surface area contributed by atoms with Gasteiger partial charge < -0.3 is 8.85 Å². The summed E-state index contributed by atoms with van der Waals surface area (Å²) in [4.78, 5) is 0. The first-order chi connectivity index (χ1) is 13.0. The summed E-state index contributed by atoms with van der Waals surface area (Å²) < 4.78 is 13.5. The van der Waals surface area contributed by atoms with Crippen LogP contribution in [0.3, 0.4) is 0 Å². The Morgan fingerprint density at radius 3 is 1.41 bits per heavy atom. The van der Waals surface area contributed by atoms with Crippen molar-refractivity contribution in [1.29, 1.82) is 0 Å². The standard InChI is InChI=1S/C23H34O2Si2/c1-7-21(24-26(3)4)23(22(8-2)25-27(5)6)19-15-11-9-13-17(19)18-14-10-12-16-20(18)23/h9-16,21-22,26-27H,7-8H2,1-6H3. The van der Waals surface area contributed by atoms with Gasteiger partial charge in [-0.1, -0.05) is 62.4 Å². The van der Waals surface area contributed by atoms with Crippen LogP contribution in [0, 0.1) is 0 Å². The molecule has 1 aliphatic carbocycles. The normalized spacial score (nSPS) is 17.0. The Balaban J connectivity index is 2.32. The van der Waals surface area contributed by atoms with Gasteiger partial charge in [0.05, 0.1) is 17.6 Å². The van der Waals surface area contributed by atoms with Gasteiger partial charge in [-0.3, -0.25) is 0 Å². The highest BCUT2D eigenvalue weighted by molar-refractivity contribution is 6.48. The Morgan fingerprint density at radius 2 is 1.07 bits per heavy atom. The van der Waals surface area contributed by atoms with Crippen LogP contribution in [0.15, 0.2) is 48.5 Å². The zero-order valence-electron chi connectivity index (χ0n) is 17.7. The third-order valence-electron chi connectivity index (χ3n) is 5.67. The molecule has 4 heteroatoms. The molecule has 0 saturated heterocycles. The zero-order valence-corrected chi connectivity index (χ0v) is 20.0. The van der Waals surface area contributed by atoms with E-state index < -0.39 is 18.1 Å². The highest BCUT2D eigenvalue weighted by Gasteiger charge is 2.53. The zero-order chi connectivity index (χ0) is 19.6. The summed E-state index contributed by atoms with van der Waals surface area (Å²) in [6, 6.07) is 17.8. The molecule has 3 rings (SSSR count). The molecule has 2 nitrogen and oxygen atoms in total. The molecule has 0 saturated carbocycles. The second-order valence-corrected chi connectivity index (χ2v) is 12.9. The molecular weight excluding hydrogens is 364 g/mol. The van der Waals surface area contributed by atoms with Gasteiger partial charge in [0.1, 0.15) is 0 Å². The Kier molecular flexibility index (Phi) is 6.41. The lowest BCUT2D eigenvalue weighted by atomic mass is 9.68. The van der Waals surface area contributed by atoms with Crippen LogP contribution in [-0.4, -0.2) is 30.3 Å². The van der Waals surface area contributed by atoms with Gasteiger partial charge in [-0.2, -0.15) is 0 Å². The van der Waals surface area contributed by atoms with Crippen LogP contribution < -0.4 is 0 Å². The van der Waals surface area contributed by atoms with Crippen molar-refractivity contribution in [3.63, 3.8) is 0 Å². The smallest absolute Gasteiger partial charge is 0.171 e. The molecule has 27 heavy (non-hydrogen) atoms. The lowest BCUT2D eigenvalue weighted by Crippen LogP contribution is -2.53. The molecule has 0 aromatic heterocycles. The highest BCUT2D eigenvalue weighted by atomic mass is 28.3. The number of fused-ring (bicyclic) bond motifs is 3. The van der Waals surface area contributed by atoms with Gasteiger partial charge in [0, 0.05) is 0 Å². The number of hydrogen-bond acceptors (Lipinski definition) is 2. The van der Waals surface area contributed by atoms with E-state index in [9.17, 15) is 0 Å². The largest absolute Gasteiger partial charge is 0.416 e. The van der Waals surface area contributed by atoms with Crippen LogP contribution in [0.2, 0.25) is 26.2 Å². The van der Waals surface area contributed by atoms with Gasteiger partial charge in [-0.25, -0.2) is 0 Å². The third-order valence-corrected chi connectivity index (χ3v) is 7.41. The van der Waals surface area contributed by atoms with Gasteiger partial charge in [0.2, 0.25) is 0 Å². The van der Waals surface area contributed by atoms with Crippen molar-refractivity contribution in [2.24, 2.45) is 0 Å². The molecule has 2 unspecified atom stereocenters. The van der Waals surface area contributed by atoms with Crippen molar-refractivity contribution in [3.05, 3.63) is 59.7 Å². The molecular formula is C23H34O2Si2. The molecule has 2 aromatic carbocycles. The monoisotopic (exact) mass is 398 g/mol. The van der Waals surface area contributed by atoms with Gasteiger partial charge in [-0.15, -0.1) is 0 Å². The second-order valence-electron chi connectivity index (χ2n) is 8.12. The van der Waals surface area contributed by atoms with E-state index in [1.807, 2.05) is 0 Å². The van der Waals surface area contributed by atoms with Gasteiger partial charge >= 0.3 is 0 Å². The van der Waals surface area contributed by atoms with Crippen molar-refractivity contribution in [2.45, 2.75) is 70.5 Å². The SMILES string of the molecule is CCC(O[SiH](C)C)C1(C(CC)O[SiH](C)C)c2ccccc2-c2ccccc21. The van der Waals surface area contributed by atoms with Crippen LogP contribution in [-0.2, 0) is 14.3 Å². The van der Waals surface area contributed by atoms with E-state index in [-0.39, 0.29) is 17.6 Å². The summed E-state index contributed by atoms with van der Waals surface area (Å²) in [6.45, 7) is 13.7. The predicted molar refractivity (Wildman–Crippen MR) is 121 cm³/mol.